The highest BCUT2D eigenvalue weighted by Gasteiger charge is 2.38. The predicted octanol–water partition coefficient (Wildman–Crippen LogP) is 4.80. The number of aromatic amines is 1. The average Bonchev–Trinajstić information content (AvgIpc) is 3.56. The van der Waals surface area contributed by atoms with Crippen molar-refractivity contribution in [3.63, 3.8) is 0 Å². The number of rotatable bonds is 5. The highest BCUT2D eigenvalue weighted by Crippen LogP contribution is 2.36. The van der Waals surface area contributed by atoms with E-state index in [4.69, 9.17) is 27.9 Å². The van der Waals surface area contributed by atoms with Crippen LogP contribution < -0.4 is 0 Å². The van der Waals surface area contributed by atoms with Crippen LogP contribution in [0.3, 0.4) is 0 Å². The molecule has 7 nitrogen and oxygen atoms in total. The topological polar surface area (TPSA) is 78.5 Å². The van der Waals surface area contributed by atoms with Gasteiger partial charge in [0.05, 0.1) is 18.9 Å². The van der Waals surface area contributed by atoms with Crippen molar-refractivity contribution >= 4 is 35.0 Å². The fourth-order valence-corrected chi connectivity index (χ4v) is 6.61. The average molecular weight is 553 g/mol. The Balaban J connectivity index is 1.16. The zero-order valence-corrected chi connectivity index (χ0v) is 22.6. The molecule has 38 heavy (non-hydrogen) atoms. The Kier molecular flexibility index (Phi) is 7.16. The molecule has 2 amide bonds. The Hall–Kier alpha value is -2.87. The first-order valence-corrected chi connectivity index (χ1v) is 14.0. The molecule has 1 aliphatic carbocycles. The number of nitrogens with zero attached hydrogens (tertiary/aromatic N) is 3. The Morgan fingerprint density at radius 2 is 1.84 bits per heavy atom. The monoisotopic (exact) mass is 552 g/mol. The molecule has 3 heterocycles. The van der Waals surface area contributed by atoms with Gasteiger partial charge in [0.1, 0.15) is 0 Å². The summed E-state index contributed by atoms with van der Waals surface area (Å²) in [6.07, 6.45) is 5.97. The van der Waals surface area contributed by atoms with E-state index in [1.807, 2.05) is 52.4 Å². The van der Waals surface area contributed by atoms with E-state index in [0.717, 1.165) is 54.6 Å². The second-order valence-electron chi connectivity index (χ2n) is 10.4. The van der Waals surface area contributed by atoms with Crippen LogP contribution in [0.15, 0.2) is 42.6 Å². The number of hydrogen-bond donors (Lipinski definition) is 1. The van der Waals surface area contributed by atoms with E-state index in [2.05, 4.69) is 10.2 Å². The largest absolute Gasteiger partial charge is 0.378 e. The first kappa shape index (κ1) is 25.4. The normalized spacial score (nSPS) is 21.6. The number of fused-ring (bicyclic) bond motifs is 1. The van der Waals surface area contributed by atoms with Crippen LogP contribution in [-0.4, -0.2) is 70.7 Å². The summed E-state index contributed by atoms with van der Waals surface area (Å²) in [4.78, 5) is 30.2. The zero-order chi connectivity index (χ0) is 26.2. The van der Waals surface area contributed by atoms with Gasteiger partial charge < -0.3 is 14.5 Å². The summed E-state index contributed by atoms with van der Waals surface area (Å²) >= 11 is 13.5. The predicted molar refractivity (Wildman–Crippen MR) is 147 cm³/mol. The molecule has 1 unspecified atom stereocenters. The number of carbonyl (C=O) groups excluding carboxylic acids is 2. The molecular weight excluding hydrogens is 523 g/mol. The molecule has 2 fully saturated rings. The molecule has 3 aliphatic rings. The molecular formula is C29H30Cl2N4O3. The van der Waals surface area contributed by atoms with E-state index in [9.17, 15) is 9.59 Å². The number of carbonyl (C=O) groups is 2. The lowest BCUT2D eigenvalue weighted by Crippen LogP contribution is -2.41. The SMILES string of the molecule is O=C(c1cccc(-c2cc(Cl)c(C[C@@H]3CCN(C4CCc5n[nH]cc5C4)C3=O)c(Cl)c2)c1)N1CCOCC1. The van der Waals surface area contributed by atoms with E-state index in [1.165, 1.54) is 5.56 Å². The van der Waals surface area contributed by atoms with Gasteiger partial charge in [-0.3, -0.25) is 14.7 Å². The van der Waals surface area contributed by atoms with E-state index < -0.39 is 0 Å². The van der Waals surface area contributed by atoms with Crippen LogP contribution in [0.5, 0.6) is 0 Å². The summed E-state index contributed by atoms with van der Waals surface area (Å²) in [6, 6.07) is 11.5. The van der Waals surface area contributed by atoms with Gasteiger partial charge in [-0.05, 0) is 78.6 Å². The molecule has 0 radical (unpaired) electrons. The Morgan fingerprint density at radius 3 is 2.63 bits per heavy atom. The minimum Gasteiger partial charge on any atom is -0.378 e. The number of morpholine rings is 1. The van der Waals surface area contributed by atoms with Crippen molar-refractivity contribution in [1.82, 2.24) is 20.0 Å². The lowest BCUT2D eigenvalue weighted by Gasteiger charge is -2.31. The molecule has 0 bridgehead atoms. The van der Waals surface area contributed by atoms with E-state index in [0.29, 0.717) is 48.3 Å². The quantitative estimate of drug-likeness (QED) is 0.492. The van der Waals surface area contributed by atoms with E-state index in [1.54, 1.807) is 0 Å². The second kappa shape index (κ2) is 10.7. The molecule has 1 N–H and O–H groups in total. The van der Waals surface area contributed by atoms with Crippen LogP contribution in [0.4, 0.5) is 0 Å². The fraction of sp³-hybridized carbons (Fsp3) is 0.414. The minimum absolute atomic E-state index is 0.00442. The third kappa shape index (κ3) is 4.95. The maximum absolute atomic E-state index is 13.4. The van der Waals surface area contributed by atoms with Crippen molar-refractivity contribution in [3.05, 3.63) is 75.0 Å². The van der Waals surface area contributed by atoms with Gasteiger partial charge in [0.15, 0.2) is 0 Å². The Labute approximate surface area is 232 Å². The number of aromatic nitrogens is 2. The van der Waals surface area contributed by atoms with E-state index in [-0.39, 0.29) is 23.8 Å². The highest BCUT2D eigenvalue weighted by atomic mass is 35.5. The molecule has 0 spiro atoms. The number of hydrogen-bond acceptors (Lipinski definition) is 4. The molecule has 2 saturated heterocycles. The number of ether oxygens (including phenoxy) is 1. The third-order valence-electron chi connectivity index (χ3n) is 8.10. The molecule has 2 aromatic carbocycles. The molecule has 6 rings (SSSR count). The second-order valence-corrected chi connectivity index (χ2v) is 11.2. The van der Waals surface area contributed by atoms with Crippen LogP contribution >= 0.6 is 23.2 Å². The maximum Gasteiger partial charge on any atom is 0.254 e. The highest BCUT2D eigenvalue weighted by molar-refractivity contribution is 6.36. The van der Waals surface area contributed by atoms with Crippen molar-refractivity contribution in [3.8, 4) is 11.1 Å². The van der Waals surface area contributed by atoms with Crippen molar-refractivity contribution in [2.45, 2.75) is 38.1 Å². The molecule has 0 saturated carbocycles. The molecule has 1 aromatic heterocycles. The number of H-pyrrole nitrogens is 1. The van der Waals surface area contributed by atoms with Crippen molar-refractivity contribution in [2.75, 3.05) is 32.8 Å². The van der Waals surface area contributed by atoms with Gasteiger partial charge in [-0.15, -0.1) is 0 Å². The van der Waals surface area contributed by atoms with Crippen LogP contribution in [-0.2, 0) is 28.8 Å². The minimum atomic E-state index is -0.129. The van der Waals surface area contributed by atoms with Gasteiger partial charge in [-0.2, -0.15) is 5.10 Å². The summed E-state index contributed by atoms with van der Waals surface area (Å²) in [5.41, 5.74) is 5.49. The van der Waals surface area contributed by atoms with Gasteiger partial charge >= 0.3 is 0 Å². The van der Waals surface area contributed by atoms with Crippen LogP contribution in [0.2, 0.25) is 10.0 Å². The van der Waals surface area contributed by atoms with Crippen LogP contribution in [0.25, 0.3) is 11.1 Å². The molecule has 2 aliphatic heterocycles. The Morgan fingerprint density at radius 1 is 1.05 bits per heavy atom. The zero-order valence-electron chi connectivity index (χ0n) is 21.1. The molecule has 2 atom stereocenters. The van der Waals surface area contributed by atoms with Crippen LogP contribution in [0, 0.1) is 5.92 Å². The standard InChI is InChI=1S/C29H30Cl2N4O3/c30-25-15-21(18-2-1-3-19(12-18)28(36)34-8-10-38-11-9-34)16-26(31)24(25)14-20-6-7-35(29(20)37)23-4-5-27-22(13-23)17-32-33-27/h1-3,12,15-17,20,23H,4-11,13-14H2,(H,32,33)/t20-,23?/m0/s1. The maximum atomic E-state index is 13.4. The smallest absolute Gasteiger partial charge is 0.254 e. The van der Waals surface area contributed by atoms with Gasteiger partial charge in [0.25, 0.3) is 5.91 Å². The summed E-state index contributed by atoms with van der Waals surface area (Å²) in [7, 11) is 0. The van der Waals surface area contributed by atoms with Crippen molar-refractivity contribution in [1.29, 1.82) is 0 Å². The van der Waals surface area contributed by atoms with Crippen molar-refractivity contribution in [2.24, 2.45) is 5.92 Å². The van der Waals surface area contributed by atoms with E-state index >= 15 is 0 Å². The first-order valence-electron chi connectivity index (χ1n) is 13.3. The number of benzene rings is 2. The van der Waals surface area contributed by atoms with Gasteiger partial charge in [-0.25, -0.2) is 0 Å². The summed E-state index contributed by atoms with van der Waals surface area (Å²) in [5.74, 6) is 0.0544. The van der Waals surface area contributed by atoms with Crippen molar-refractivity contribution < 1.29 is 14.3 Å². The number of aryl methyl sites for hydroxylation is 1. The van der Waals surface area contributed by atoms with Gasteiger partial charge in [-0.1, -0.05) is 35.3 Å². The number of likely N-dealkylation sites (tertiary alicyclic amines) is 1. The lowest BCUT2D eigenvalue weighted by molar-refractivity contribution is -0.133. The number of nitrogens with one attached hydrogen (secondary N) is 1. The summed E-state index contributed by atoms with van der Waals surface area (Å²) in [5, 5.41) is 8.35. The first-order chi connectivity index (χ1) is 18.5. The molecule has 198 valence electrons. The fourth-order valence-electron chi connectivity index (χ4n) is 5.97. The number of amides is 2. The third-order valence-corrected chi connectivity index (χ3v) is 8.78. The molecule has 3 aromatic rings. The number of halogens is 2. The molecule has 9 heteroatoms. The lowest BCUT2D eigenvalue weighted by atomic mass is 9.92. The van der Waals surface area contributed by atoms with Gasteiger partial charge in [0.2, 0.25) is 5.91 Å². The summed E-state index contributed by atoms with van der Waals surface area (Å²) < 4.78 is 5.37. The van der Waals surface area contributed by atoms with Crippen LogP contribution in [0.1, 0.15) is 40.0 Å². The Bertz CT molecular complexity index is 1340. The summed E-state index contributed by atoms with van der Waals surface area (Å²) in [6.45, 7) is 3.07. The van der Waals surface area contributed by atoms with Gasteiger partial charge in [0, 0.05) is 53.4 Å².